The molecule has 0 amide bonds. The Bertz CT molecular complexity index is 555. The summed E-state index contributed by atoms with van der Waals surface area (Å²) >= 11 is 0. The van der Waals surface area contributed by atoms with E-state index in [1.54, 1.807) is 12.1 Å². The molecule has 0 unspecified atom stereocenters. The maximum absolute atomic E-state index is 13.5. The molecule has 0 spiro atoms. The van der Waals surface area contributed by atoms with Gasteiger partial charge in [-0.3, -0.25) is 20.2 Å². The number of aromatic nitrogens is 1. The molecule has 1 N–H and O–H groups in total. The van der Waals surface area contributed by atoms with Crippen molar-refractivity contribution in [3.8, 4) is 0 Å². The summed E-state index contributed by atoms with van der Waals surface area (Å²) in [5, 5.41) is 10.7. The van der Waals surface area contributed by atoms with Crippen molar-refractivity contribution in [2.75, 3.05) is 5.43 Å². The van der Waals surface area contributed by atoms with Gasteiger partial charge in [0.15, 0.2) is 17.3 Å². The number of nitro groups is 1. The lowest BCUT2D eigenvalue weighted by Crippen LogP contribution is -2.10. The smallest absolute Gasteiger partial charge is 0.286 e. The predicted molar refractivity (Wildman–Crippen MR) is 56.5 cm³/mol. The lowest BCUT2D eigenvalue weighted by Gasteiger charge is -2.09. The lowest BCUT2D eigenvalue weighted by molar-refractivity contribution is -0.384. The molecule has 1 aromatic heterocycles. The zero-order chi connectivity index (χ0) is 12.4. The van der Waals surface area contributed by atoms with Crippen molar-refractivity contribution in [1.29, 1.82) is 0 Å². The molecular weight excluding hydrogens is 232 g/mol. The fourth-order valence-electron chi connectivity index (χ4n) is 1.34. The second-order valence-corrected chi connectivity index (χ2v) is 3.21. The molecule has 0 fully saturated rings. The molecule has 2 rings (SSSR count). The van der Waals surface area contributed by atoms with Gasteiger partial charge in [0, 0.05) is 18.5 Å². The standard InChI is InChI=1S/C10H7F2N3O2/c11-7-3-4-8(15(16)17)10(9(7)12)13-14-5-1-2-6-14/h1-6,13H. The van der Waals surface area contributed by atoms with Crippen molar-refractivity contribution in [1.82, 2.24) is 4.68 Å². The predicted octanol–water partition coefficient (Wildman–Crippen LogP) is 2.55. The number of hydrogen-bond acceptors (Lipinski definition) is 3. The largest absolute Gasteiger partial charge is 0.297 e. The summed E-state index contributed by atoms with van der Waals surface area (Å²) in [6, 6.07) is 4.89. The van der Waals surface area contributed by atoms with Gasteiger partial charge in [-0.1, -0.05) is 0 Å². The molecular formula is C10H7F2N3O2. The summed E-state index contributed by atoms with van der Waals surface area (Å²) in [7, 11) is 0. The highest BCUT2D eigenvalue weighted by Gasteiger charge is 2.21. The zero-order valence-electron chi connectivity index (χ0n) is 8.43. The van der Waals surface area contributed by atoms with Crippen LogP contribution in [-0.2, 0) is 0 Å². The second kappa shape index (κ2) is 4.20. The number of rotatable bonds is 3. The van der Waals surface area contributed by atoms with Gasteiger partial charge in [0.1, 0.15) is 0 Å². The SMILES string of the molecule is O=[N+]([O-])c1ccc(F)c(F)c1Nn1cccc1. The third kappa shape index (κ3) is 2.07. The van der Waals surface area contributed by atoms with Gasteiger partial charge in [0.2, 0.25) is 0 Å². The van der Waals surface area contributed by atoms with Crippen molar-refractivity contribution in [2.45, 2.75) is 0 Å². The summed E-state index contributed by atoms with van der Waals surface area (Å²) in [6.07, 6.45) is 3.02. The summed E-state index contributed by atoms with van der Waals surface area (Å²) in [5.41, 5.74) is 1.36. The first-order valence-electron chi connectivity index (χ1n) is 4.62. The normalized spacial score (nSPS) is 10.2. The molecule has 0 bridgehead atoms. The van der Waals surface area contributed by atoms with Crippen LogP contribution in [0.5, 0.6) is 0 Å². The van der Waals surface area contributed by atoms with E-state index in [1.807, 2.05) is 0 Å². The zero-order valence-corrected chi connectivity index (χ0v) is 8.43. The van der Waals surface area contributed by atoms with E-state index in [1.165, 1.54) is 17.1 Å². The fourth-order valence-corrected chi connectivity index (χ4v) is 1.34. The Morgan fingerprint density at radius 2 is 1.88 bits per heavy atom. The number of anilines is 1. The molecule has 0 radical (unpaired) electrons. The molecule has 17 heavy (non-hydrogen) atoms. The molecule has 0 saturated heterocycles. The Balaban J connectivity index is 2.49. The number of nitrogens with one attached hydrogen (secondary N) is 1. The molecule has 0 aliphatic heterocycles. The second-order valence-electron chi connectivity index (χ2n) is 3.21. The van der Waals surface area contributed by atoms with Crippen LogP contribution in [-0.4, -0.2) is 9.60 Å². The van der Waals surface area contributed by atoms with E-state index in [-0.39, 0.29) is 0 Å². The maximum atomic E-state index is 13.5. The van der Waals surface area contributed by atoms with E-state index in [9.17, 15) is 18.9 Å². The van der Waals surface area contributed by atoms with Crippen LogP contribution in [0.3, 0.4) is 0 Å². The molecule has 0 aliphatic rings. The Kier molecular flexibility index (Phi) is 2.73. The molecule has 0 atom stereocenters. The van der Waals surface area contributed by atoms with Gasteiger partial charge in [-0.15, -0.1) is 0 Å². The van der Waals surface area contributed by atoms with Crippen LogP contribution in [0, 0.1) is 21.7 Å². The molecule has 2 aromatic rings. The van der Waals surface area contributed by atoms with E-state index in [4.69, 9.17) is 0 Å². The number of nitrogens with zero attached hydrogens (tertiary/aromatic N) is 2. The monoisotopic (exact) mass is 239 g/mol. The van der Waals surface area contributed by atoms with Gasteiger partial charge < -0.3 is 0 Å². The molecule has 0 aliphatic carbocycles. The Hall–Kier alpha value is -2.44. The van der Waals surface area contributed by atoms with Crippen LogP contribution >= 0.6 is 0 Å². The molecule has 1 aromatic carbocycles. The summed E-state index contributed by atoms with van der Waals surface area (Å²) in [5.74, 6) is -2.43. The van der Waals surface area contributed by atoms with Gasteiger partial charge in [-0.2, -0.15) is 0 Å². The number of nitro benzene ring substituents is 1. The van der Waals surface area contributed by atoms with E-state index >= 15 is 0 Å². The average molecular weight is 239 g/mol. The minimum Gasteiger partial charge on any atom is -0.286 e. The first-order valence-corrected chi connectivity index (χ1v) is 4.62. The molecule has 0 saturated carbocycles. The lowest BCUT2D eigenvalue weighted by atomic mass is 10.2. The van der Waals surface area contributed by atoms with Crippen LogP contribution in [0.4, 0.5) is 20.2 Å². The summed E-state index contributed by atoms with van der Waals surface area (Å²) in [6.45, 7) is 0. The highest BCUT2D eigenvalue weighted by Crippen LogP contribution is 2.29. The van der Waals surface area contributed by atoms with Crippen molar-refractivity contribution in [3.63, 3.8) is 0 Å². The van der Waals surface area contributed by atoms with E-state index in [2.05, 4.69) is 5.43 Å². The highest BCUT2D eigenvalue weighted by molar-refractivity contribution is 5.62. The first kappa shape index (κ1) is 11.1. The highest BCUT2D eigenvalue weighted by atomic mass is 19.2. The maximum Gasteiger partial charge on any atom is 0.297 e. The van der Waals surface area contributed by atoms with Crippen molar-refractivity contribution < 1.29 is 13.7 Å². The van der Waals surface area contributed by atoms with Gasteiger partial charge in [0.25, 0.3) is 5.69 Å². The van der Waals surface area contributed by atoms with Gasteiger partial charge in [0.05, 0.1) is 4.92 Å². The number of halogens is 2. The van der Waals surface area contributed by atoms with E-state index in [0.29, 0.717) is 6.07 Å². The third-order valence-corrected chi connectivity index (χ3v) is 2.11. The third-order valence-electron chi connectivity index (χ3n) is 2.11. The van der Waals surface area contributed by atoms with Gasteiger partial charge in [-0.25, -0.2) is 8.78 Å². The Morgan fingerprint density at radius 1 is 1.24 bits per heavy atom. The van der Waals surface area contributed by atoms with Crippen LogP contribution in [0.1, 0.15) is 0 Å². The minimum atomic E-state index is -1.28. The fraction of sp³-hybridized carbons (Fsp3) is 0. The van der Waals surface area contributed by atoms with Crippen molar-refractivity contribution in [3.05, 3.63) is 58.4 Å². The summed E-state index contributed by atoms with van der Waals surface area (Å²) < 4.78 is 27.7. The van der Waals surface area contributed by atoms with Crippen molar-refractivity contribution in [2.24, 2.45) is 0 Å². The quantitative estimate of drug-likeness (QED) is 0.661. The van der Waals surface area contributed by atoms with Gasteiger partial charge in [-0.05, 0) is 18.2 Å². The van der Waals surface area contributed by atoms with Crippen LogP contribution in [0.25, 0.3) is 0 Å². The first-order chi connectivity index (χ1) is 8.09. The molecule has 7 heteroatoms. The topological polar surface area (TPSA) is 60.1 Å². The number of benzene rings is 1. The Labute approximate surface area is 94.4 Å². The van der Waals surface area contributed by atoms with Crippen molar-refractivity contribution >= 4 is 11.4 Å². The minimum absolute atomic E-state index is 0.508. The van der Waals surface area contributed by atoms with E-state index in [0.717, 1.165) is 6.07 Å². The Morgan fingerprint density at radius 3 is 2.47 bits per heavy atom. The summed E-state index contributed by atoms with van der Waals surface area (Å²) in [4.78, 5) is 9.90. The average Bonchev–Trinajstić information content (AvgIpc) is 2.77. The van der Waals surface area contributed by atoms with Crippen LogP contribution in [0.2, 0.25) is 0 Å². The van der Waals surface area contributed by atoms with Gasteiger partial charge >= 0.3 is 0 Å². The van der Waals surface area contributed by atoms with E-state index < -0.39 is 27.9 Å². The number of hydrogen-bond donors (Lipinski definition) is 1. The molecule has 1 heterocycles. The molecule has 5 nitrogen and oxygen atoms in total. The molecule has 88 valence electrons. The van der Waals surface area contributed by atoms with Crippen LogP contribution in [0.15, 0.2) is 36.7 Å². The van der Waals surface area contributed by atoms with Crippen LogP contribution < -0.4 is 5.43 Å².